The monoisotopic (exact) mass is 1070 g/mol. The highest BCUT2D eigenvalue weighted by molar-refractivity contribution is 6.10. The molecule has 3 heterocycles. The highest BCUT2D eigenvalue weighted by Gasteiger charge is 2.50. The van der Waals surface area contributed by atoms with Crippen LogP contribution in [0.5, 0.6) is 11.5 Å². The van der Waals surface area contributed by atoms with Gasteiger partial charge in [0.1, 0.15) is 24.0 Å². The summed E-state index contributed by atoms with van der Waals surface area (Å²) >= 11 is 0. The van der Waals surface area contributed by atoms with Gasteiger partial charge in [-0.3, -0.25) is 4.57 Å². The minimum Gasteiger partial charge on any atom is -0.457 e. The average Bonchev–Trinajstić information content (AvgIpc) is 1.58. The number of anilines is 4. The summed E-state index contributed by atoms with van der Waals surface area (Å²) in [6.45, 7) is 11.6. The van der Waals surface area contributed by atoms with E-state index in [1.807, 2.05) is 54.6 Å². The van der Waals surface area contributed by atoms with Crippen LogP contribution in [0.3, 0.4) is 0 Å². The van der Waals surface area contributed by atoms with E-state index >= 15 is 0 Å². The first-order valence-corrected chi connectivity index (χ1v) is 28.1. The van der Waals surface area contributed by atoms with Crippen LogP contribution in [-0.2, 0) is 22.6 Å². The fourth-order valence-electron chi connectivity index (χ4n) is 13.2. The van der Waals surface area contributed by atoms with Crippen molar-refractivity contribution in [3.63, 3.8) is 0 Å². The summed E-state index contributed by atoms with van der Waals surface area (Å²) < 4.78 is 87.9. The molecule has 1 spiro atoms. The Bertz CT molecular complexity index is 4950. The molecule has 5 nitrogen and oxygen atoms in total. The molecule has 0 atom stereocenters. The number of hydrogen-bond acceptors (Lipinski definition) is 4. The van der Waals surface area contributed by atoms with Crippen molar-refractivity contribution >= 4 is 44.6 Å². The first-order valence-electron chi connectivity index (χ1n) is 32.6. The zero-order valence-corrected chi connectivity index (χ0v) is 46.6. The number of aryl methyl sites for hydroxylation is 1. The van der Waals surface area contributed by atoms with Crippen LogP contribution in [0.4, 0.5) is 22.7 Å². The Hall–Kier alpha value is -9.45. The molecule has 10 aromatic carbocycles. The van der Waals surface area contributed by atoms with Gasteiger partial charge in [0.05, 0.1) is 39.0 Å². The third-order valence-electron chi connectivity index (χ3n) is 17.0. The second kappa shape index (κ2) is 18.6. The molecular formula is C77H64N4O. The normalized spacial score (nSPS) is 16.3. The van der Waals surface area contributed by atoms with Gasteiger partial charge in [0.15, 0.2) is 0 Å². The van der Waals surface area contributed by atoms with Crippen molar-refractivity contribution in [1.29, 1.82) is 0 Å². The number of ether oxygens (including phenoxy) is 1. The number of hydrogen-bond donors (Lipinski definition) is 0. The van der Waals surface area contributed by atoms with Gasteiger partial charge in [0.25, 0.3) is 0 Å². The molecule has 5 heteroatoms. The molecule has 0 bridgehead atoms. The van der Waals surface area contributed by atoms with Crippen LogP contribution in [0.1, 0.15) is 104 Å². The molecule has 1 aliphatic heterocycles. The lowest BCUT2D eigenvalue weighted by atomic mass is 9.61. The minimum atomic E-state index is -2.46. The second-order valence-electron chi connectivity index (χ2n) is 24.0. The van der Waals surface area contributed by atoms with E-state index in [0.717, 1.165) is 78.4 Å². The van der Waals surface area contributed by atoms with Gasteiger partial charge < -0.3 is 14.5 Å². The zero-order valence-electron chi connectivity index (χ0n) is 55.6. The predicted octanol–water partition coefficient (Wildman–Crippen LogP) is 19.7. The lowest BCUT2D eigenvalue weighted by Gasteiger charge is -2.40. The molecule has 0 unspecified atom stereocenters. The second-order valence-corrected chi connectivity index (χ2v) is 24.0. The number of aromatic nitrogens is 2. The summed E-state index contributed by atoms with van der Waals surface area (Å²) in [7, 11) is 0. The van der Waals surface area contributed by atoms with Crippen molar-refractivity contribution in [1.82, 2.24) is 9.55 Å². The molecule has 2 aliphatic carbocycles. The number of fused-ring (bicyclic) bond motifs is 13. The van der Waals surface area contributed by atoms with Gasteiger partial charge in [0, 0.05) is 52.8 Å². The van der Waals surface area contributed by atoms with Gasteiger partial charge in [-0.1, -0.05) is 205 Å². The van der Waals surface area contributed by atoms with Crippen LogP contribution in [-0.4, -0.2) is 16.2 Å². The fourth-order valence-corrected chi connectivity index (χ4v) is 13.2. The van der Waals surface area contributed by atoms with E-state index in [-0.39, 0.29) is 51.2 Å². The van der Waals surface area contributed by atoms with Crippen LogP contribution in [0.15, 0.2) is 237 Å². The topological polar surface area (TPSA) is 33.5 Å². The standard InChI is InChI=1S/C77H64N4O/c1-49-39-40-78-72(41-49)81-68-34-15-11-25-59(68)60-38-37-57(47-71(60)81)82-56-24-18-23-55(46-56)79-48-80(70-36-17-16-35-69(70)79)74-58(52-43-53(75(2,3)4)45-54(44-52)76(5,6)7)27-19-29-62(74)61-28-20-33-67-73(61)63-26-10-14-32-66(63)77(67)64-30-12-8-21-50(64)42-51-22-9-13-31-65(51)77/h8-41,43-47H,42,48H2,1-7H3/i1D3,11D,15D,25D,34D,42D2. The molecule has 0 saturated heterocycles. The van der Waals surface area contributed by atoms with Crippen LogP contribution in [0.25, 0.3) is 61.0 Å². The van der Waals surface area contributed by atoms with Gasteiger partial charge in [-0.05, 0) is 151 Å². The van der Waals surface area contributed by atoms with Crippen molar-refractivity contribution in [3.05, 3.63) is 287 Å². The van der Waals surface area contributed by atoms with Gasteiger partial charge in [-0.2, -0.15) is 0 Å². The molecule has 82 heavy (non-hydrogen) atoms. The first kappa shape index (κ1) is 40.7. The fraction of sp³-hybridized carbons (Fsp3) is 0.156. The van der Waals surface area contributed by atoms with E-state index in [1.165, 1.54) is 29.5 Å². The smallest absolute Gasteiger partial charge is 0.137 e. The third-order valence-corrected chi connectivity index (χ3v) is 17.0. The molecule has 398 valence electrons. The number of nitrogens with zero attached hydrogens (tertiary/aromatic N) is 4. The largest absolute Gasteiger partial charge is 0.457 e. The highest BCUT2D eigenvalue weighted by atomic mass is 16.5. The number of pyridine rings is 1. The lowest BCUT2D eigenvalue weighted by Crippen LogP contribution is -2.34. The molecule has 0 radical (unpaired) electrons. The zero-order chi connectivity index (χ0) is 63.4. The van der Waals surface area contributed by atoms with E-state index in [2.05, 4.69) is 178 Å². The SMILES string of the molecule is [2H]c1c([2H])c([2H])c2c(c1[2H])c1ccc(Oc3cccc(N4CN(c5c(-c6cc(C(C)(C)C)cc(C(C)(C)C)c6)cccc5-c5cccc6c5-c5ccccc5C65c6ccccc6C([2H])([2H])c6ccccc65)c5ccccc54)c3)cc1n2-c1cc(C([2H])([2H])[2H])ccn1. The summed E-state index contributed by atoms with van der Waals surface area (Å²) in [5, 5.41) is 0.807. The number of rotatable bonds is 7. The first-order chi connectivity index (χ1) is 43.5. The summed E-state index contributed by atoms with van der Waals surface area (Å²) in [6, 6.07) is 68.9. The molecular weight excluding hydrogens is 997 g/mol. The number of para-hydroxylation sites is 4. The summed E-state index contributed by atoms with van der Waals surface area (Å²) in [4.78, 5) is 9.33. The summed E-state index contributed by atoms with van der Waals surface area (Å²) in [5.74, 6) is 1.14. The van der Waals surface area contributed by atoms with Crippen molar-refractivity contribution in [2.75, 3.05) is 16.5 Å². The van der Waals surface area contributed by atoms with Crippen LogP contribution in [0.2, 0.25) is 0 Å². The van der Waals surface area contributed by atoms with Crippen LogP contribution in [0, 0.1) is 6.85 Å². The summed E-state index contributed by atoms with van der Waals surface area (Å²) in [6.07, 6.45) is -0.335. The third kappa shape index (κ3) is 7.70. The number of benzene rings is 10. The minimum absolute atomic E-state index is 0.0386. The van der Waals surface area contributed by atoms with Crippen LogP contribution < -0.4 is 14.5 Å². The van der Waals surface area contributed by atoms with E-state index in [9.17, 15) is 2.74 Å². The Labute approximate surface area is 494 Å². The Morgan fingerprint density at radius 1 is 0.524 bits per heavy atom. The van der Waals surface area contributed by atoms with Gasteiger partial charge in [-0.25, -0.2) is 4.98 Å². The Morgan fingerprint density at radius 2 is 1.15 bits per heavy atom. The molecule has 0 fully saturated rings. The molecule has 3 aliphatic rings. The molecule has 0 N–H and O–H groups in total. The summed E-state index contributed by atoms with van der Waals surface area (Å²) in [5.41, 5.74) is 17.8. The van der Waals surface area contributed by atoms with Gasteiger partial charge in [-0.15, -0.1) is 0 Å². The maximum Gasteiger partial charge on any atom is 0.137 e. The quantitative estimate of drug-likeness (QED) is 0.159. The van der Waals surface area contributed by atoms with E-state index in [1.54, 1.807) is 22.8 Å². The Balaban J connectivity index is 0.903. The Kier molecular flexibility index (Phi) is 9.20. The highest BCUT2D eigenvalue weighted by Crippen LogP contribution is 2.62. The van der Waals surface area contributed by atoms with Crippen molar-refractivity contribution in [2.24, 2.45) is 0 Å². The molecule has 0 saturated carbocycles. The van der Waals surface area contributed by atoms with Gasteiger partial charge in [0.2, 0.25) is 0 Å². The lowest BCUT2D eigenvalue weighted by molar-refractivity contribution is 0.483. The van der Waals surface area contributed by atoms with Crippen molar-refractivity contribution < 1.29 is 17.1 Å². The molecule has 15 rings (SSSR count). The van der Waals surface area contributed by atoms with E-state index in [0.29, 0.717) is 40.2 Å². The average molecular weight is 1070 g/mol. The van der Waals surface area contributed by atoms with E-state index in [4.69, 9.17) is 14.3 Å². The van der Waals surface area contributed by atoms with Crippen LogP contribution >= 0.6 is 0 Å². The maximum atomic E-state index is 9.75. The molecule has 0 amide bonds. The van der Waals surface area contributed by atoms with Gasteiger partial charge >= 0.3 is 0 Å². The predicted molar refractivity (Wildman–Crippen MR) is 340 cm³/mol. The van der Waals surface area contributed by atoms with Crippen molar-refractivity contribution in [3.8, 4) is 50.7 Å². The Morgan fingerprint density at radius 3 is 1.90 bits per heavy atom. The molecule has 12 aromatic rings. The maximum absolute atomic E-state index is 9.75. The van der Waals surface area contributed by atoms with Crippen molar-refractivity contribution in [2.45, 2.75) is 71.0 Å². The van der Waals surface area contributed by atoms with E-state index < -0.39 is 24.7 Å². The molecule has 2 aromatic heterocycles.